The molecule has 0 aliphatic heterocycles. The minimum atomic E-state index is -0.319. The van der Waals surface area contributed by atoms with Crippen LogP contribution in [0.5, 0.6) is 0 Å². The molecule has 0 atom stereocenters. The van der Waals surface area contributed by atoms with Gasteiger partial charge in [0.15, 0.2) is 0 Å². The van der Waals surface area contributed by atoms with Crippen molar-refractivity contribution in [3.63, 3.8) is 0 Å². The quantitative estimate of drug-likeness (QED) is 0.588. The summed E-state index contributed by atoms with van der Waals surface area (Å²) in [6.07, 6.45) is 2.98. The van der Waals surface area contributed by atoms with E-state index >= 15 is 0 Å². The van der Waals surface area contributed by atoms with E-state index in [1.807, 2.05) is 6.92 Å². The van der Waals surface area contributed by atoms with Crippen LogP contribution in [-0.4, -0.2) is 5.91 Å². The van der Waals surface area contributed by atoms with E-state index in [-0.39, 0.29) is 5.91 Å². The second kappa shape index (κ2) is 7.05. The fourth-order valence-electron chi connectivity index (χ4n) is 1.90. The van der Waals surface area contributed by atoms with Crippen molar-refractivity contribution in [3.05, 3.63) is 62.6 Å². The molecule has 0 heterocycles. The van der Waals surface area contributed by atoms with Crippen LogP contribution in [0.4, 0.5) is 11.4 Å². The molecule has 2 aromatic rings. The third kappa shape index (κ3) is 4.17. The first-order valence-corrected chi connectivity index (χ1v) is 7.50. The largest absolute Gasteiger partial charge is 0.399 e. The molecule has 0 bridgehead atoms. The van der Waals surface area contributed by atoms with Gasteiger partial charge in [-0.2, -0.15) is 0 Å². The minimum Gasteiger partial charge on any atom is -0.399 e. The maximum atomic E-state index is 12.0. The van der Waals surface area contributed by atoms with E-state index in [9.17, 15) is 4.79 Å². The van der Waals surface area contributed by atoms with Gasteiger partial charge in [-0.1, -0.05) is 40.9 Å². The third-order valence-electron chi connectivity index (χ3n) is 2.93. The number of anilines is 2. The van der Waals surface area contributed by atoms with Crippen molar-refractivity contribution in [3.8, 4) is 0 Å². The molecule has 0 aliphatic carbocycles. The number of aryl methyl sites for hydroxylation is 1. The van der Waals surface area contributed by atoms with E-state index in [0.717, 1.165) is 5.56 Å². The Morgan fingerprint density at radius 1 is 1.14 bits per heavy atom. The number of hydrogen-bond donors (Lipinski definition) is 2. The lowest BCUT2D eigenvalue weighted by molar-refractivity contribution is -0.111. The molecule has 22 heavy (non-hydrogen) atoms. The summed E-state index contributed by atoms with van der Waals surface area (Å²) in [5.74, 6) is -0.319. The van der Waals surface area contributed by atoms with Crippen molar-refractivity contribution in [2.24, 2.45) is 0 Å². The molecule has 0 fully saturated rings. The SMILES string of the molecule is Cc1cc(N)cc(Cl)c1NC(=O)/C=C/c1ccc(Cl)cc1Cl. The highest BCUT2D eigenvalue weighted by molar-refractivity contribution is 6.35. The lowest BCUT2D eigenvalue weighted by Crippen LogP contribution is -2.09. The zero-order valence-corrected chi connectivity index (χ0v) is 13.9. The highest BCUT2D eigenvalue weighted by Gasteiger charge is 2.08. The average Bonchev–Trinajstić information content (AvgIpc) is 2.42. The van der Waals surface area contributed by atoms with Crippen molar-refractivity contribution in [1.82, 2.24) is 0 Å². The van der Waals surface area contributed by atoms with Gasteiger partial charge in [0.05, 0.1) is 10.7 Å². The molecule has 0 saturated carbocycles. The maximum Gasteiger partial charge on any atom is 0.248 e. The maximum absolute atomic E-state index is 12.0. The van der Waals surface area contributed by atoms with Crippen molar-refractivity contribution in [1.29, 1.82) is 0 Å². The van der Waals surface area contributed by atoms with E-state index in [1.165, 1.54) is 6.08 Å². The normalized spacial score (nSPS) is 10.9. The van der Waals surface area contributed by atoms with Gasteiger partial charge >= 0.3 is 0 Å². The molecular weight excluding hydrogens is 343 g/mol. The van der Waals surface area contributed by atoms with Crippen LogP contribution in [-0.2, 0) is 4.79 Å². The topological polar surface area (TPSA) is 55.1 Å². The van der Waals surface area contributed by atoms with Crippen LogP contribution in [0.3, 0.4) is 0 Å². The Hall–Kier alpha value is -1.68. The van der Waals surface area contributed by atoms with E-state index in [2.05, 4.69) is 5.32 Å². The third-order valence-corrected chi connectivity index (χ3v) is 3.80. The number of hydrogen-bond acceptors (Lipinski definition) is 2. The Kier molecular flexibility index (Phi) is 5.35. The Labute approximate surface area is 143 Å². The van der Waals surface area contributed by atoms with Crippen LogP contribution in [0.2, 0.25) is 15.1 Å². The highest BCUT2D eigenvalue weighted by atomic mass is 35.5. The Bertz CT molecular complexity index is 734. The predicted molar refractivity (Wildman–Crippen MR) is 94.7 cm³/mol. The molecule has 2 aromatic carbocycles. The van der Waals surface area contributed by atoms with Crippen molar-refractivity contribution in [2.75, 3.05) is 11.1 Å². The fourth-order valence-corrected chi connectivity index (χ4v) is 2.69. The molecule has 2 rings (SSSR count). The summed E-state index contributed by atoms with van der Waals surface area (Å²) in [7, 11) is 0. The molecule has 0 aromatic heterocycles. The van der Waals surface area contributed by atoms with Gasteiger partial charge < -0.3 is 11.1 Å². The Morgan fingerprint density at radius 2 is 1.86 bits per heavy atom. The lowest BCUT2D eigenvalue weighted by Gasteiger charge is -2.10. The zero-order valence-electron chi connectivity index (χ0n) is 11.7. The fraction of sp³-hybridized carbons (Fsp3) is 0.0625. The summed E-state index contributed by atoms with van der Waals surface area (Å²) in [5.41, 5.74) is 8.25. The van der Waals surface area contributed by atoms with Crippen LogP contribution >= 0.6 is 34.8 Å². The van der Waals surface area contributed by atoms with Crippen molar-refractivity contribution < 1.29 is 4.79 Å². The first-order valence-electron chi connectivity index (χ1n) is 6.36. The smallest absolute Gasteiger partial charge is 0.248 e. The van der Waals surface area contributed by atoms with Crippen molar-refractivity contribution in [2.45, 2.75) is 6.92 Å². The van der Waals surface area contributed by atoms with Crippen LogP contribution < -0.4 is 11.1 Å². The van der Waals surface area contributed by atoms with Gasteiger partial charge in [-0.25, -0.2) is 0 Å². The molecule has 3 nitrogen and oxygen atoms in total. The van der Waals surface area contributed by atoms with Gasteiger partial charge in [0.2, 0.25) is 5.91 Å². The summed E-state index contributed by atoms with van der Waals surface area (Å²) in [4.78, 5) is 12.0. The number of nitrogens with one attached hydrogen (secondary N) is 1. The van der Waals surface area contributed by atoms with Gasteiger partial charge in [-0.3, -0.25) is 4.79 Å². The molecule has 1 amide bonds. The molecule has 0 radical (unpaired) electrons. The second-order valence-corrected chi connectivity index (χ2v) is 5.93. The van der Waals surface area contributed by atoms with Crippen LogP contribution in [0.1, 0.15) is 11.1 Å². The standard InChI is InChI=1S/C16H13Cl3N2O/c1-9-6-12(20)8-14(19)16(9)21-15(22)5-3-10-2-4-11(17)7-13(10)18/h2-8H,20H2,1H3,(H,21,22)/b5-3+. The molecule has 3 N–H and O–H groups in total. The van der Waals surface area contributed by atoms with Crippen LogP contribution in [0.15, 0.2) is 36.4 Å². The predicted octanol–water partition coefficient (Wildman–Crippen LogP) is 5.19. The number of rotatable bonds is 3. The first-order chi connectivity index (χ1) is 10.4. The summed E-state index contributed by atoms with van der Waals surface area (Å²) >= 11 is 17.9. The second-order valence-electron chi connectivity index (χ2n) is 4.68. The number of amides is 1. The molecule has 0 spiro atoms. The summed E-state index contributed by atoms with van der Waals surface area (Å²) < 4.78 is 0. The van der Waals surface area contributed by atoms with Gasteiger partial charge in [-0.15, -0.1) is 0 Å². The van der Waals surface area contributed by atoms with Gasteiger partial charge in [0.25, 0.3) is 0 Å². The number of nitrogens with two attached hydrogens (primary N) is 1. The molecule has 114 valence electrons. The number of carbonyl (C=O) groups is 1. The first kappa shape index (κ1) is 16.7. The Balaban J connectivity index is 2.15. The lowest BCUT2D eigenvalue weighted by atomic mass is 10.1. The zero-order chi connectivity index (χ0) is 16.3. The monoisotopic (exact) mass is 354 g/mol. The van der Waals surface area contributed by atoms with Gasteiger partial charge in [0.1, 0.15) is 0 Å². The van der Waals surface area contributed by atoms with Gasteiger partial charge in [0, 0.05) is 21.8 Å². The number of carbonyl (C=O) groups excluding carboxylic acids is 1. The molecular formula is C16H13Cl3N2O. The van der Waals surface area contributed by atoms with Crippen LogP contribution in [0, 0.1) is 6.92 Å². The minimum absolute atomic E-state index is 0.319. The van der Waals surface area contributed by atoms with Gasteiger partial charge in [-0.05, 0) is 48.4 Å². The summed E-state index contributed by atoms with van der Waals surface area (Å²) in [6.45, 7) is 1.82. The summed E-state index contributed by atoms with van der Waals surface area (Å²) in [6, 6.07) is 8.37. The van der Waals surface area contributed by atoms with Crippen LogP contribution in [0.25, 0.3) is 6.08 Å². The molecule has 0 saturated heterocycles. The Morgan fingerprint density at radius 3 is 2.50 bits per heavy atom. The van der Waals surface area contributed by atoms with E-state index in [0.29, 0.717) is 32.0 Å². The molecule has 0 aliphatic rings. The highest BCUT2D eigenvalue weighted by Crippen LogP contribution is 2.28. The van der Waals surface area contributed by atoms with E-state index in [4.69, 9.17) is 40.5 Å². The molecule has 0 unspecified atom stereocenters. The van der Waals surface area contributed by atoms with E-state index < -0.39 is 0 Å². The van der Waals surface area contributed by atoms with Crippen molar-refractivity contribution >= 4 is 58.2 Å². The molecule has 6 heteroatoms. The number of benzene rings is 2. The number of nitrogen functional groups attached to an aromatic ring is 1. The average molecular weight is 356 g/mol. The number of halogens is 3. The van der Waals surface area contributed by atoms with E-state index in [1.54, 1.807) is 36.4 Å². The summed E-state index contributed by atoms with van der Waals surface area (Å²) in [5, 5.41) is 4.13.